The highest BCUT2D eigenvalue weighted by Crippen LogP contribution is 2.51. The molecule has 0 aromatic carbocycles. The van der Waals surface area contributed by atoms with Gasteiger partial charge in [-0.3, -0.25) is 4.79 Å². The Hall–Kier alpha value is -1.39. The van der Waals surface area contributed by atoms with Gasteiger partial charge < -0.3 is 9.42 Å². The van der Waals surface area contributed by atoms with Gasteiger partial charge in [0.25, 0.3) is 0 Å². The number of amides is 1. The molecule has 1 saturated carbocycles. The molecule has 1 aliphatic carbocycles. The molecule has 5 heteroatoms. The second kappa shape index (κ2) is 5.43. The molecule has 1 aliphatic rings. The topological polar surface area (TPSA) is 59.2 Å². The van der Waals surface area contributed by atoms with Crippen molar-refractivity contribution in [1.82, 2.24) is 15.0 Å². The van der Waals surface area contributed by atoms with Crippen LogP contribution in [-0.2, 0) is 11.3 Å². The largest absolute Gasteiger partial charge is 0.337 e. The molecule has 0 radical (unpaired) electrons. The smallest absolute Gasteiger partial charge is 0.246 e. The quantitative estimate of drug-likeness (QED) is 0.857. The van der Waals surface area contributed by atoms with E-state index in [9.17, 15) is 4.79 Å². The lowest BCUT2D eigenvalue weighted by Gasteiger charge is -2.44. The minimum Gasteiger partial charge on any atom is -0.337 e. The van der Waals surface area contributed by atoms with Crippen molar-refractivity contribution in [1.29, 1.82) is 0 Å². The summed E-state index contributed by atoms with van der Waals surface area (Å²) < 4.78 is 5.32. The standard InChI is InChI=1S/C16H27N3O2/c1-11(20)19(6)9-13-17-14(18-21-13)12-7-15(2,3)10-16(4,5)8-12/h12H,7-10H2,1-6H3. The highest BCUT2D eigenvalue weighted by Gasteiger charge is 2.40. The third-order valence-electron chi connectivity index (χ3n) is 4.31. The Morgan fingerprint density at radius 3 is 2.38 bits per heavy atom. The van der Waals surface area contributed by atoms with Crippen LogP contribution in [0.5, 0.6) is 0 Å². The fraction of sp³-hybridized carbons (Fsp3) is 0.812. The van der Waals surface area contributed by atoms with E-state index in [2.05, 4.69) is 37.8 Å². The van der Waals surface area contributed by atoms with E-state index >= 15 is 0 Å². The lowest BCUT2D eigenvalue weighted by atomic mass is 9.61. The summed E-state index contributed by atoms with van der Waals surface area (Å²) in [5, 5.41) is 4.16. The molecule has 118 valence electrons. The minimum absolute atomic E-state index is 0.00492. The molecule has 1 amide bonds. The Morgan fingerprint density at radius 2 is 1.86 bits per heavy atom. The third kappa shape index (κ3) is 4.05. The van der Waals surface area contributed by atoms with Gasteiger partial charge in [-0.25, -0.2) is 0 Å². The molecule has 0 N–H and O–H groups in total. The Labute approximate surface area is 127 Å². The second-order valence-electron chi connectivity index (χ2n) is 8.03. The summed E-state index contributed by atoms with van der Waals surface area (Å²) in [5.41, 5.74) is 0.590. The molecular formula is C16H27N3O2. The Bertz CT molecular complexity index is 503. The van der Waals surface area contributed by atoms with Crippen molar-refractivity contribution in [2.75, 3.05) is 7.05 Å². The predicted molar refractivity (Wildman–Crippen MR) is 80.6 cm³/mol. The zero-order valence-electron chi connectivity index (χ0n) is 14.1. The van der Waals surface area contributed by atoms with E-state index in [1.807, 2.05) is 0 Å². The number of nitrogens with zero attached hydrogens (tertiary/aromatic N) is 3. The SMILES string of the molecule is CC(=O)N(C)Cc1nc(C2CC(C)(C)CC(C)(C)C2)no1. The van der Waals surface area contributed by atoms with Crippen molar-refractivity contribution in [3.8, 4) is 0 Å². The van der Waals surface area contributed by atoms with Crippen LogP contribution < -0.4 is 0 Å². The molecule has 2 rings (SSSR count). The number of hydrogen-bond acceptors (Lipinski definition) is 4. The van der Waals surface area contributed by atoms with Crippen LogP contribution in [0.4, 0.5) is 0 Å². The van der Waals surface area contributed by atoms with E-state index < -0.39 is 0 Å². The molecule has 5 nitrogen and oxygen atoms in total. The zero-order valence-corrected chi connectivity index (χ0v) is 14.1. The summed E-state index contributed by atoms with van der Waals surface area (Å²) in [6.45, 7) is 11.2. The van der Waals surface area contributed by atoms with Crippen molar-refractivity contribution < 1.29 is 9.32 Å². The summed E-state index contributed by atoms with van der Waals surface area (Å²) in [5.74, 6) is 1.64. The van der Waals surface area contributed by atoms with Crippen LogP contribution in [0.15, 0.2) is 4.52 Å². The fourth-order valence-corrected chi connectivity index (χ4v) is 3.84. The minimum atomic E-state index is -0.00492. The predicted octanol–water partition coefficient (Wildman–Crippen LogP) is 3.37. The van der Waals surface area contributed by atoms with Gasteiger partial charge in [0.15, 0.2) is 5.82 Å². The number of carbonyl (C=O) groups excluding carboxylic acids is 1. The Kier molecular flexibility index (Phi) is 4.13. The van der Waals surface area contributed by atoms with Gasteiger partial charge in [0, 0.05) is 19.9 Å². The highest BCUT2D eigenvalue weighted by molar-refractivity contribution is 5.72. The summed E-state index contributed by atoms with van der Waals surface area (Å²) in [6, 6.07) is 0. The van der Waals surface area contributed by atoms with Gasteiger partial charge in [-0.2, -0.15) is 4.98 Å². The van der Waals surface area contributed by atoms with Crippen molar-refractivity contribution in [2.45, 2.75) is 66.3 Å². The van der Waals surface area contributed by atoms with Gasteiger partial charge >= 0.3 is 0 Å². The highest BCUT2D eigenvalue weighted by atomic mass is 16.5. The van der Waals surface area contributed by atoms with E-state index in [0.29, 0.717) is 29.2 Å². The molecule has 0 saturated heterocycles. The van der Waals surface area contributed by atoms with Crippen LogP contribution in [0.2, 0.25) is 0 Å². The van der Waals surface area contributed by atoms with E-state index in [0.717, 1.165) is 18.7 Å². The monoisotopic (exact) mass is 293 g/mol. The first-order chi connectivity index (χ1) is 9.58. The van der Waals surface area contributed by atoms with Crippen molar-refractivity contribution in [3.05, 3.63) is 11.7 Å². The summed E-state index contributed by atoms with van der Waals surface area (Å²) >= 11 is 0. The first-order valence-corrected chi connectivity index (χ1v) is 7.62. The maximum absolute atomic E-state index is 11.3. The van der Waals surface area contributed by atoms with Gasteiger partial charge in [0.2, 0.25) is 11.8 Å². The zero-order chi connectivity index (χ0) is 15.8. The van der Waals surface area contributed by atoms with Crippen LogP contribution in [0, 0.1) is 10.8 Å². The Balaban J connectivity index is 2.12. The molecule has 1 aromatic rings. The maximum Gasteiger partial charge on any atom is 0.246 e. The molecule has 0 unspecified atom stereocenters. The van der Waals surface area contributed by atoms with Crippen molar-refractivity contribution >= 4 is 5.91 Å². The molecule has 0 spiro atoms. The number of rotatable bonds is 3. The van der Waals surface area contributed by atoms with Gasteiger partial charge in [0.1, 0.15) is 0 Å². The summed E-state index contributed by atoms with van der Waals surface area (Å²) in [4.78, 5) is 17.4. The van der Waals surface area contributed by atoms with Crippen molar-refractivity contribution in [3.63, 3.8) is 0 Å². The Morgan fingerprint density at radius 1 is 1.29 bits per heavy atom. The normalized spacial score (nSPS) is 21.2. The number of aromatic nitrogens is 2. The molecule has 21 heavy (non-hydrogen) atoms. The lowest BCUT2D eigenvalue weighted by molar-refractivity contribution is -0.128. The van der Waals surface area contributed by atoms with Crippen LogP contribution in [0.25, 0.3) is 0 Å². The first kappa shape index (κ1) is 16.0. The number of carbonyl (C=O) groups is 1. The van der Waals surface area contributed by atoms with Gasteiger partial charge in [-0.1, -0.05) is 32.9 Å². The molecule has 1 aromatic heterocycles. The van der Waals surface area contributed by atoms with Crippen LogP contribution in [0.3, 0.4) is 0 Å². The fourth-order valence-electron chi connectivity index (χ4n) is 3.84. The average molecular weight is 293 g/mol. The van der Waals surface area contributed by atoms with Crippen LogP contribution in [0.1, 0.15) is 71.5 Å². The van der Waals surface area contributed by atoms with Crippen LogP contribution in [-0.4, -0.2) is 28.0 Å². The molecule has 1 fully saturated rings. The summed E-state index contributed by atoms with van der Waals surface area (Å²) in [6.07, 6.45) is 3.38. The molecule has 0 bridgehead atoms. The van der Waals surface area contributed by atoms with E-state index in [4.69, 9.17) is 4.52 Å². The molecular weight excluding hydrogens is 266 g/mol. The number of hydrogen-bond donors (Lipinski definition) is 0. The first-order valence-electron chi connectivity index (χ1n) is 7.62. The molecule has 0 aliphatic heterocycles. The summed E-state index contributed by atoms with van der Waals surface area (Å²) in [7, 11) is 1.74. The van der Waals surface area contributed by atoms with Crippen molar-refractivity contribution in [2.24, 2.45) is 10.8 Å². The average Bonchev–Trinajstić information content (AvgIpc) is 2.73. The van der Waals surface area contributed by atoms with E-state index in [1.54, 1.807) is 11.9 Å². The third-order valence-corrected chi connectivity index (χ3v) is 4.31. The van der Waals surface area contributed by atoms with Gasteiger partial charge in [-0.05, 0) is 30.1 Å². The maximum atomic E-state index is 11.3. The van der Waals surface area contributed by atoms with Gasteiger partial charge in [0.05, 0.1) is 6.54 Å². The molecule has 0 atom stereocenters. The second-order valence-corrected chi connectivity index (χ2v) is 8.03. The van der Waals surface area contributed by atoms with E-state index in [1.165, 1.54) is 13.3 Å². The van der Waals surface area contributed by atoms with E-state index in [-0.39, 0.29) is 5.91 Å². The molecule has 1 heterocycles. The van der Waals surface area contributed by atoms with Gasteiger partial charge in [-0.15, -0.1) is 0 Å². The lowest BCUT2D eigenvalue weighted by Crippen LogP contribution is -2.33. The van der Waals surface area contributed by atoms with Crippen LogP contribution >= 0.6 is 0 Å².